The fourth-order valence-corrected chi connectivity index (χ4v) is 15.3. The first kappa shape index (κ1) is 115. The van der Waals surface area contributed by atoms with E-state index < -0.39 is 25.7 Å². The first-order valence-electron chi connectivity index (χ1n) is 43.3. The zero-order chi connectivity index (χ0) is 93.5. The molecule has 1 aliphatic carbocycles. The molecule has 0 heterocycles. The zero-order valence-corrected chi connectivity index (χ0v) is 80.6. The molecule has 1 aliphatic rings. The Morgan fingerprint density at radius 3 is 1.72 bits per heavy atom. The van der Waals surface area contributed by atoms with Gasteiger partial charge in [0.2, 0.25) is 17.7 Å². The van der Waals surface area contributed by atoms with E-state index in [1.807, 2.05) is 106 Å². The number of aliphatic hydroxyl groups excluding tert-OH is 1. The number of alkyl carbamates (subject to hydrolysis) is 1. The number of unbranched alkanes of at least 4 members (excludes halogenated alkanes) is 3. The van der Waals surface area contributed by atoms with E-state index in [4.69, 9.17) is 34.5 Å². The number of amides is 5. The lowest BCUT2D eigenvalue weighted by Gasteiger charge is -2.37. The first-order valence-corrected chi connectivity index (χ1v) is 48.1. The lowest BCUT2D eigenvalue weighted by molar-refractivity contribution is -0.386. The van der Waals surface area contributed by atoms with Gasteiger partial charge in [-0.1, -0.05) is 156 Å². The molecule has 0 saturated heterocycles. The number of phenolic OH excluding ortho intramolecular Hbond substituents is 1. The number of benzene rings is 5. The van der Waals surface area contributed by atoms with Crippen LogP contribution in [0.4, 0.5) is 21.9 Å². The molecule has 0 bridgehead atoms. The molecule has 29 nitrogen and oxygen atoms in total. The number of nitrogens with two attached hydrogens (primary N) is 2. The zero-order valence-electron chi connectivity index (χ0n) is 78.0. The molecule has 5 aromatic rings. The van der Waals surface area contributed by atoms with Crippen LogP contribution in [-0.2, 0) is 32.8 Å². The Bertz CT molecular complexity index is 3940. The lowest BCUT2D eigenvalue weighted by Crippen LogP contribution is -2.65. The molecule has 3 unspecified atom stereocenters. The average molecular weight is 1780 g/mol. The number of nitrogens with zero attached hydrogens (tertiary/aromatic N) is 5. The molecule has 0 aliphatic heterocycles. The third kappa shape index (κ3) is 48.3. The van der Waals surface area contributed by atoms with Crippen LogP contribution in [0.25, 0.3) is 0 Å². The van der Waals surface area contributed by atoms with E-state index in [1.165, 1.54) is 26.2 Å². The third-order valence-corrected chi connectivity index (χ3v) is 23.2. The van der Waals surface area contributed by atoms with Gasteiger partial charge in [-0.15, -0.1) is 5.11 Å². The van der Waals surface area contributed by atoms with Gasteiger partial charge >= 0.3 is 14.7 Å². The maximum absolute atomic E-state index is 12.0. The molecule has 3 atom stereocenters. The minimum Gasteiger partial charge on any atom is -0.511 e. The third-order valence-electron chi connectivity index (χ3n) is 18.0. The molecule has 0 spiro atoms. The van der Waals surface area contributed by atoms with Gasteiger partial charge in [0.25, 0.3) is 11.6 Å². The standard InChI is InChI=1S/C20H31N3O7.C18H21N3O2.C18H24O2Si.C13H21NO2.C11H24N4O.C10H23N3O.C2H6S2/c1-5-7-10-22-19(24)9-8-11-29-18-13-16(23(26)27)15(12-17(18)28-4)14(3)30-20(25)21-6-2;1-3-4-11-19-18(23)14-6-8-15(9-7-14)20-21-16-12-13(2)5-10-17(16)22;1-5-19-21(20-18(2,3)4,16-12-8-6-9-13-16)17-14-10-7-11-15-17;1-5-9(14-6-2)12-10(15)7-13(3,4)8-11(12)16;1-4-7-15-11(16)10(13-3)6-5-8-14-9(2)12;1-3-8-13-10(14)9(12-2)6-4-5-7-11;1-3-4-2/h12-14H,5-11H2,1-4H3,(H,21,25)(H,22,24);5-10,12,22H,3-4,11H2,1-2H3,(H,19,23);6-15H,5H2,1-4H3;15H,5-8H2,1-4H3;10,13H,4-8H2,1-3H3,(H2,12,14)(H,15,16);9,12H,3-8,11H2,1-2H3,(H,13,14);1-2H3. The molecule has 0 fully saturated rings. The Kier molecular flexibility index (Phi) is 62.1. The minimum atomic E-state index is -2.68. The minimum absolute atomic E-state index is 0.0304. The van der Waals surface area contributed by atoms with Crippen molar-refractivity contribution in [3.05, 3.63) is 153 Å². The number of likely N-dealkylation sites (N-methyl/N-ethyl adjacent to an activating group) is 2. The molecule has 0 aromatic heterocycles. The highest BCUT2D eigenvalue weighted by Crippen LogP contribution is 2.40. The predicted molar refractivity (Wildman–Crippen MR) is 512 cm³/mol. The Balaban J connectivity index is 0.00000148. The van der Waals surface area contributed by atoms with Gasteiger partial charge in [0, 0.05) is 83.0 Å². The summed E-state index contributed by atoms with van der Waals surface area (Å²) in [5.41, 5.74) is 14.2. The number of carbonyl (C=O) groups is 6. The summed E-state index contributed by atoms with van der Waals surface area (Å²) in [6, 6.07) is 35.2. The van der Waals surface area contributed by atoms with Gasteiger partial charge in [-0.2, -0.15) is 5.11 Å². The topological polar surface area (TPSA) is 418 Å². The van der Waals surface area contributed by atoms with Crippen molar-refractivity contribution in [2.24, 2.45) is 37.1 Å². The molecular weight excluding hydrogens is 1630 g/mol. The van der Waals surface area contributed by atoms with Crippen LogP contribution in [0.1, 0.15) is 234 Å². The van der Waals surface area contributed by atoms with Crippen LogP contribution in [0.5, 0.6) is 17.2 Å². The van der Waals surface area contributed by atoms with Crippen LogP contribution in [0.2, 0.25) is 0 Å². The maximum Gasteiger partial charge on any atom is 0.407 e. The van der Waals surface area contributed by atoms with Gasteiger partial charge < -0.3 is 82.0 Å². The van der Waals surface area contributed by atoms with Gasteiger partial charge in [-0.25, -0.2) is 4.79 Å². The van der Waals surface area contributed by atoms with Crippen molar-refractivity contribution >= 4 is 105 Å². The van der Waals surface area contributed by atoms with Crippen LogP contribution >= 0.6 is 21.6 Å². The van der Waals surface area contributed by atoms with Crippen LogP contribution in [0.3, 0.4) is 0 Å². The summed E-state index contributed by atoms with van der Waals surface area (Å²) >= 11 is 0. The van der Waals surface area contributed by atoms with E-state index in [0.29, 0.717) is 106 Å². The van der Waals surface area contributed by atoms with Gasteiger partial charge in [0.1, 0.15) is 23.3 Å². The van der Waals surface area contributed by atoms with Crippen molar-refractivity contribution in [3.63, 3.8) is 0 Å². The number of nitro groups is 1. The van der Waals surface area contributed by atoms with Crippen molar-refractivity contribution in [1.29, 1.82) is 0 Å². The van der Waals surface area contributed by atoms with E-state index in [1.54, 1.807) is 84.9 Å². The lowest BCUT2D eigenvalue weighted by atomic mass is 9.75. The van der Waals surface area contributed by atoms with E-state index in [2.05, 4.69) is 122 Å². The summed E-state index contributed by atoms with van der Waals surface area (Å²) in [7, 11) is 5.89. The summed E-state index contributed by atoms with van der Waals surface area (Å²) in [6.07, 6.45) is 15.5. The molecule has 5 aromatic carbocycles. The van der Waals surface area contributed by atoms with E-state index >= 15 is 0 Å². The molecule has 124 heavy (non-hydrogen) atoms. The van der Waals surface area contributed by atoms with Crippen molar-refractivity contribution in [2.75, 3.05) is 99.3 Å². The highest BCUT2D eigenvalue weighted by atomic mass is 33.1. The monoisotopic (exact) mass is 1780 g/mol. The van der Waals surface area contributed by atoms with Crippen molar-refractivity contribution < 1.29 is 67.0 Å². The maximum atomic E-state index is 12.0. The number of hydrogen-bond acceptors (Lipinski definition) is 24. The van der Waals surface area contributed by atoms with Crippen LogP contribution < -0.4 is 68.5 Å². The molecule has 13 N–H and O–H groups in total. The van der Waals surface area contributed by atoms with Crippen molar-refractivity contribution in [1.82, 2.24) is 37.2 Å². The number of amidine groups is 1. The highest BCUT2D eigenvalue weighted by Gasteiger charge is 2.45. The molecule has 32 heteroatoms. The number of ether oxygens (including phenoxy) is 3. The number of aryl methyl sites for hydroxylation is 1. The second-order valence-corrected chi connectivity index (χ2v) is 36.0. The molecule has 0 saturated carbocycles. The van der Waals surface area contributed by atoms with Crippen molar-refractivity contribution in [3.8, 4) is 17.2 Å². The fraction of sp³-hybridized carbons (Fsp3) is 0.565. The normalized spacial score (nSPS) is 13.0. The number of Topliss-reactive ketones (excluding diaryl/α,β-unsaturated/α-hetero) is 1. The largest absolute Gasteiger partial charge is 0.511 e. The Hall–Kier alpha value is -9.28. The van der Waals surface area contributed by atoms with Crippen LogP contribution in [-0.4, -0.2) is 188 Å². The molecular formula is C92H150N14O15S2Si. The summed E-state index contributed by atoms with van der Waals surface area (Å²) in [4.78, 5) is 89.8. The summed E-state index contributed by atoms with van der Waals surface area (Å²) in [5, 5.41) is 61.6. The number of phenols is 1. The van der Waals surface area contributed by atoms with Gasteiger partial charge in [-0.05, 0) is 223 Å². The number of allylic oxidation sites excluding steroid dienone is 2. The number of aliphatic hydroxyl groups is 1. The fourth-order valence-electron chi connectivity index (χ4n) is 11.8. The van der Waals surface area contributed by atoms with E-state index in [0.717, 1.165) is 105 Å². The number of aromatic hydroxyl groups is 1. The molecule has 5 amide bonds. The summed E-state index contributed by atoms with van der Waals surface area (Å²) < 4.78 is 28.9. The summed E-state index contributed by atoms with van der Waals surface area (Å²) in [5.74, 6) is 1.42. The second kappa shape index (κ2) is 67.1. The Labute approximate surface area is 748 Å². The second-order valence-electron chi connectivity index (χ2n) is 30.5. The number of azo groups is 1. The quantitative estimate of drug-likeness (QED) is 0.00252. The van der Waals surface area contributed by atoms with Crippen LogP contribution in [0.15, 0.2) is 147 Å². The molecule has 0 radical (unpaired) electrons. The number of nitrogens with one attached hydrogen (secondary N) is 7. The van der Waals surface area contributed by atoms with Gasteiger partial charge in [0.15, 0.2) is 17.3 Å². The Morgan fingerprint density at radius 2 is 1.25 bits per heavy atom. The number of nitro benzene ring substituents is 1. The smallest absolute Gasteiger partial charge is 0.407 e. The average Bonchev–Trinajstić information content (AvgIpc) is 0.778. The van der Waals surface area contributed by atoms with E-state index in [9.17, 15) is 49.1 Å². The van der Waals surface area contributed by atoms with Gasteiger partial charge in [0.05, 0.1) is 65.1 Å². The number of ketones is 1. The van der Waals surface area contributed by atoms with Gasteiger partial charge in [-0.3, -0.25) is 44.1 Å². The number of carbonyl (C=O) groups excluding carboxylic acids is 6. The Morgan fingerprint density at radius 1 is 0.685 bits per heavy atom. The SMILES string of the molecule is CCCCNC(=O)CCCOc1cc([N+](=O)[O-])c(C(C)OC(=O)NCC)cc1OC.CCCCNC(=O)c1ccc(N=Nc2cc(C)ccc2O)cc1.CCCNC(=O)C(CCCCN)NC.CCCNC(=O)C(CCCN=C(C)N)NC.CCN=C(CC)C1=C(O)CC(C)(C)CC1=O.CCO[Si](OC(C)(C)C)(c1ccccc1)c1ccccc1.CSSC. The van der Waals surface area contributed by atoms with Crippen LogP contribution in [0, 0.1) is 22.5 Å². The number of hydrogen-bond donors (Lipinski definition) is 11. The number of aliphatic imine (C=N–C) groups is 2. The molecule has 694 valence electrons. The molecule has 6 rings (SSSR count). The van der Waals surface area contributed by atoms with Crippen molar-refractivity contribution in [2.45, 2.75) is 237 Å². The number of methoxy groups -OCH3 is 1. The first-order chi connectivity index (χ1) is 59.1. The predicted octanol–water partition coefficient (Wildman–Crippen LogP) is 16.4. The summed E-state index contributed by atoms with van der Waals surface area (Å²) in [6.45, 7) is 37.4. The van der Waals surface area contributed by atoms with E-state index in [-0.39, 0.29) is 93.4 Å². The number of rotatable bonds is 44. The highest BCUT2D eigenvalue weighted by molar-refractivity contribution is 8.76.